The monoisotopic (exact) mass is 620 g/mol. The first-order valence-electron chi connectivity index (χ1n) is 8.12. The summed E-state index contributed by atoms with van der Waals surface area (Å²) in [6.07, 6.45) is -2.32. The van der Waals surface area contributed by atoms with Crippen LogP contribution in [-0.2, 0) is 19.2 Å². The predicted molar refractivity (Wildman–Crippen MR) is 94.7 cm³/mol. The maximum absolute atomic E-state index is 10.1. The summed E-state index contributed by atoms with van der Waals surface area (Å²) >= 11 is 0.460. The van der Waals surface area contributed by atoms with Gasteiger partial charge in [0, 0.05) is 24.8 Å². The van der Waals surface area contributed by atoms with E-state index in [0.29, 0.717) is 0 Å². The molecule has 2 unspecified atom stereocenters. The average Bonchev–Trinajstić information content (AvgIpc) is 2.55. The summed E-state index contributed by atoms with van der Waals surface area (Å²) in [5.74, 6) is -6.80. The van der Waals surface area contributed by atoms with Gasteiger partial charge in [0.15, 0.2) is 0 Å². The van der Waals surface area contributed by atoms with Gasteiger partial charge in [0.05, 0.1) is 11.9 Å². The molecule has 0 heterocycles. The van der Waals surface area contributed by atoms with E-state index in [1.807, 2.05) is 0 Å². The molecule has 28 heavy (non-hydrogen) atoms. The Morgan fingerprint density at radius 3 is 0.893 bits per heavy atom. The fourth-order valence-corrected chi connectivity index (χ4v) is 1.16. The summed E-state index contributed by atoms with van der Waals surface area (Å²) in [5, 5.41) is 58.1. The van der Waals surface area contributed by atoms with Gasteiger partial charge in [-0.15, -0.1) is 0 Å². The molecule has 160 valence electrons. The molecule has 0 saturated carbocycles. The van der Waals surface area contributed by atoms with E-state index in [1.54, 1.807) is 0 Å². The quantitative estimate of drug-likeness (QED) is 0.251. The molecule has 0 aliphatic rings. The molecule has 10 nitrogen and oxygen atoms in total. The molecule has 0 radical (unpaired) electrons. The van der Waals surface area contributed by atoms with E-state index in [2.05, 4.69) is 19.8 Å². The molecule has 0 amide bonds. The van der Waals surface area contributed by atoms with Gasteiger partial charge in [-0.1, -0.05) is 13.8 Å². The number of aliphatic hydroxyl groups is 2. The minimum absolute atomic E-state index is 0.219. The van der Waals surface area contributed by atoms with Crippen LogP contribution in [0.5, 0.6) is 0 Å². The Balaban J connectivity index is -0.000000160. The van der Waals surface area contributed by atoms with Crippen LogP contribution in [0.1, 0.15) is 39.5 Å². The summed E-state index contributed by atoms with van der Waals surface area (Å²) in [4.78, 5) is 49.3. The number of carboxylic acids is 4. The summed E-state index contributed by atoms with van der Waals surface area (Å²) in [7, 11) is 0. The second-order valence-electron chi connectivity index (χ2n) is 5.44. The molecule has 0 rings (SSSR count). The molecule has 2 N–H and O–H groups in total. The number of hydrogen-bond donors (Lipinski definition) is 2. The predicted octanol–water partition coefficient (Wildman–Crippen LogP) is -4.39. The summed E-state index contributed by atoms with van der Waals surface area (Å²) in [5.41, 5.74) is -4.59. The Kier molecular flexibility index (Phi) is 24.5. The van der Waals surface area contributed by atoms with Crippen molar-refractivity contribution in [3.63, 3.8) is 0 Å². The molecule has 0 saturated heterocycles. The first-order valence-corrected chi connectivity index (χ1v) is 19.5. The van der Waals surface area contributed by atoms with Crippen LogP contribution in [0.15, 0.2) is 0 Å². The summed E-state index contributed by atoms with van der Waals surface area (Å²) < 4.78 is 0. The summed E-state index contributed by atoms with van der Waals surface area (Å²) in [6.45, 7) is 2.69. The molecular formula is C16H28O10Sn2. The van der Waals surface area contributed by atoms with Gasteiger partial charge in [0.2, 0.25) is 0 Å². The van der Waals surface area contributed by atoms with E-state index in [0.717, 1.165) is 0 Å². The number of carbonyl (C=O) groups excluding carboxylic acids is 4. The van der Waals surface area contributed by atoms with E-state index in [1.165, 1.54) is 13.8 Å². The van der Waals surface area contributed by atoms with Crippen LogP contribution in [0.2, 0.25) is 19.8 Å². The average molecular weight is 618 g/mol. The standard InChI is InChI=1S/2C6H10O5.4CH3.2Sn/c2*1-2-6(11,5(9)10)3-4(7)8;;;;;;/h2*11H,2-3H2,1H3,(H,7,8)(H,9,10);4*1H3;;/q;;;;;;2*+2/p-4. The second kappa shape index (κ2) is 19.7. The van der Waals surface area contributed by atoms with E-state index in [-0.39, 0.29) is 55.1 Å². The first-order chi connectivity index (χ1) is 12.7. The summed E-state index contributed by atoms with van der Waals surface area (Å²) in [6, 6.07) is 0. The van der Waals surface area contributed by atoms with E-state index >= 15 is 0 Å². The molecule has 0 spiro atoms. The fraction of sp³-hybridized carbons (Fsp3) is 0.750. The molecule has 12 heteroatoms. The van der Waals surface area contributed by atoms with E-state index in [4.69, 9.17) is 10.2 Å². The number of carbonyl (C=O) groups is 4. The Morgan fingerprint density at radius 1 is 0.679 bits per heavy atom. The molecule has 0 aromatic rings. The van der Waals surface area contributed by atoms with Gasteiger partial charge in [-0.05, 0) is 12.8 Å². The molecule has 0 aromatic carbocycles. The number of carboxylic acid groups (broad SMARTS) is 4. The van der Waals surface area contributed by atoms with Gasteiger partial charge in [0.25, 0.3) is 0 Å². The van der Waals surface area contributed by atoms with Crippen molar-refractivity contribution in [2.75, 3.05) is 0 Å². The van der Waals surface area contributed by atoms with Gasteiger partial charge in [0.1, 0.15) is 11.2 Å². The van der Waals surface area contributed by atoms with Crippen LogP contribution in [0.25, 0.3) is 0 Å². The SMILES string of the molecule is CCC(O)(CC(=O)[O-])C(=O)[O-].CCC(O)(CC(=O)[O-])C(=O)[O-].[CH3][Sn+2][CH3].[CH3][Sn+2][CH3]. The van der Waals surface area contributed by atoms with Crippen LogP contribution in [-0.4, -0.2) is 87.6 Å². The van der Waals surface area contributed by atoms with Crippen molar-refractivity contribution in [1.82, 2.24) is 0 Å². The van der Waals surface area contributed by atoms with Gasteiger partial charge in [-0.3, -0.25) is 0 Å². The van der Waals surface area contributed by atoms with Gasteiger partial charge >= 0.3 is 62.0 Å². The van der Waals surface area contributed by atoms with Crippen LogP contribution in [0, 0.1) is 0 Å². The van der Waals surface area contributed by atoms with Gasteiger partial charge in [-0.2, -0.15) is 0 Å². The van der Waals surface area contributed by atoms with Crippen LogP contribution < -0.4 is 20.4 Å². The zero-order valence-electron chi connectivity index (χ0n) is 17.0. The van der Waals surface area contributed by atoms with E-state index in [9.17, 15) is 39.6 Å². The van der Waals surface area contributed by atoms with Crippen molar-refractivity contribution < 1.29 is 49.8 Å². The van der Waals surface area contributed by atoms with Crippen molar-refractivity contribution in [3.8, 4) is 0 Å². The molecule has 0 aliphatic carbocycles. The number of hydrogen-bond acceptors (Lipinski definition) is 10. The Morgan fingerprint density at radius 2 is 0.857 bits per heavy atom. The van der Waals surface area contributed by atoms with Gasteiger partial charge in [-0.25, -0.2) is 0 Å². The Hall–Kier alpha value is -0.603. The second-order valence-corrected chi connectivity index (χ2v) is 11.2. The van der Waals surface area contributed by atoms with Crippen molar-refractivity contribution in [2.45, 2.75) is 70.5 Å². The van der Waals surface area contributed by atoms with Crippen molar-refractivity contribution in [3.05, 3.63) is 0 Å². The molecule has 2 atom stereocenters. The number of aliphatic carboxylic acids is 4. The van der Waals surface area contributed by atoms with Crippen LogP contribution >= 0.6 is 0 Å². The molecular weight excluding hydrogens is 590 g/mol. The Labute approximate surface area is 185 Å². The molecule has 0 fully saturated rings. The minimum atomic E-state index is -2.29. The van der Waals surface area contributed by atoms with Crippen molar-refractivity contribution in [2.24, 2.45) is 0 Å². The fourth-order valence-electron chi connectivity index (χ4n) is 1.16. The normalized spacial score (nSPS) is 12.9. The first kappa shape index (κ1) is 34.9. The zero-order valence-corrected chi connectivity index (χ0v) is 22.7. The third-order valence-electron chi connectivity index (χ3n) is 2.80. The van der Waals surface area contributed by atoms with Crippen LogP contribution in [0.4, 0.5) is 0 Å². The third-order valence-corrected chi connectivity index (χ3v) is 2.80. The number of rotatable bonds is 8. The van der Waals surface area contributed by atoms with Crippen molar-refractivity contribution in [1.29, 1.82) is 0 Å². The topological polar surface area (TPSA) is 201 Å². The zero-order chi connectivity index (χ0) is 23.6. The molecule has 0 aliphatic heterocycles. The molecule has 0 bridgehead atoms. The Bertz CT molecular complexity index is 430. The molecule has 0 aromatic heterocycles. The third kappa shape index (κ3) is 20.1. The maximum atomic E-state index is 10.1. The van der Waals surface area contributed by atoms with E-state index < -0.39 is 47.9 Å². The van der Waals surface area contributed by atoms with Gasteiger partial charge < -0.3 is 49.8 Å². The van der Waals surface area contributed by atoms with Crippen molar-refractivity contribution >= 4 is 66.2 Å². The van der Waals surface area contributed by atoms with Crippen LogP contribution in [0.3, 0.4) is 0 Å².